The summed E-state index contributed by atoms with van der Waals surface area (Å²) in [6.07, 6.45) is 8.56. The number of carbonyl (C=O) groups excluding carboxylic acids is 1. The Morgan fingerprint density at radius 1 is 0.938 bits per heavy atom. The molecule has 0 heterocycles. The molecule has 0 saturated heterocycles. The average Bonchev–Trinajstić information content (AvgIpc) is 2.33. The zero-order valence-corrected chi connectivity index (χ0v) is 9.86. The summed E-state index contributed by atoms with van der Waals surface area (Å²) in [4.78, 5) is 11.9. The van der Waals surface area contributed by atoms with Gasteiger partial charge in [0.25, 0.3) is 0 Å². The molecule has 3 heteroatoms. The molecule has 1 N–H and O–H groups in total. The largest absolute Gasteiger partial charge is 0.459 e. The Morgan fingerprint density at radius 2 is 1.56 bits per heavy atom. The van der Waals surface area contributed by atoms with Crippen molar-refractivity contribution in [3.05, 3.63) is 0 Å². The van der Waals surface area contributed by atoms with Gasteiger partial charge in [0.05, 0.1) is 12.0 Å². The molecule has 0 aromatic rings. The number of rotatable bonds is 2. The number of aliphatic hydroxyl groups excluding tert-OH is 1. The molecule has 0 aromatic heterocycles. The molecule has 2 fully saturated rings. The monoisotopic (exact) mass is 226 g/mol. The van der Waals surface area contributed by atoms with E-state index in [2.05, 4.69) is 0 Å². The van der Waals surface area contributed by atoms with Crippen LogP contribution in [-0.2, 0) is 9.53 Å². The van der Waals surface area contributed by atoms with E-state index in [9.17, 15) is 9.90 Å². The van der Waals surface area contributed by atoms with E-state index < -0.39 is 6.10 Å². The van der Waals surface area contributed by atoms with Gasteiger partial charge in [0.2, 0.25) is 0 Å². The van der Waals surface area contributed by atoms with Crippen molar-refractivity contribution in [1.29, 1.82) is 0 Å². The lowest BCUT2D eigenvalue weighted by molar-refractivity contribution is -0.163. The van der Waals surface area contributed by atoms with Crippen molar-refractivity contribution in [3.63, 3.8) is 0 Å². The highest BCUT2D eigenvalue weighted by molar-refractivity contribution is 5.72. The van der Waals surface area contributed by atoms with Gasteiger partial charge in [-0.25, -0.2) is 0 Å². The lowest BCUT2D eigenvalue weighted by Gasteiger charge is -2.29. The molecule has 0 bridgehead atoms. The Balaban J connectivity index is 1.80. The van der Waals surface area contributed by atoms with Gasteiger partial charge in [-0.15, -0.1) is 0 Å². The molecule has 2 atom stereocenters. The van der Waals surface area contributed by atoms with Gasteiger partial charge in [0, 0.05) is 0 Å². The molecule has 2 unspecified atom stereocenters. The molecule has 92 valence electrons. The van der Waals surface area contributed by atoms with Crippen LogP contribution in [0.25, 0.3) is 0 Å². The van der Waals surface area contributed by atoms with Gasteiger partial charge in [-0.1, -0.05) is 25.7 Å². The molecule has 2 saturated carbocycles. The van der Waals surface area contributed by atoms with Crippen LogP contribution in [0.3, 0.4) is 0 Å². The van der Waals surface area contributed by atoms with Crippen LogP contribution in [0.5, 0.6) is 0 Å². The fraction of sp³-hybridized carbons (Fsp3) is 0.923. The van der Waals surface area contributed by atoms with Crippen LogP contribution in [-0.4, -0.2) is 23.3 Å². The number of carbonyl (C=O) groups is 1. The van der Waals surface area contributed by atoms with Gasteiger partial charge in [-0.2, -0.15) is 0 Å². The van der Waals surface area contributed by atoms with Crippen LogP contribution in [0.4, 0.5) is 0 Å². The minimum absolute atomic E-state index is 0.0642. The zero-order valence-electron chi connectivity index (χ0n) is 9.86. The number of esters is 1. The molecule has 16 heavy (non-hydrogen) atoms. The van der Waals surface area contributed by atoms with Crippen molar-refractivity contribution < 1.29 is 14.6 Å². The normalized spacial score (nSPS) is 32.3. The first-order chi connectivity index (χ1) is 7.77. The summed E-state index contributed by atoms with van der Waals surface area (Å²) in [5.74, 6) is 0.0357. The summed E-state index contributed by atoms with van der Waals surface area (Å²) in [5.41, 5.74) is 0. The van der Waals surface area contributed by atoms with E-state index in [4.69, 9.17) is 4.74 Å². The first kappa shape index (κ1) is 11.9. The second-order valence-electron chi connectivity index (χ2n) is 5.16. The molecule has 2 aliphatic carbocycles. The van der Waals surface area contributed by atoms with Gasteiger partial charge >= 0.3 is 5.97 Å². The van der Waals surface area contributed by atoms with E-state index in [-0.39, 0.29) is 18.0 Å². The summed E-state index contributed by atoms with van der Waals surface area (Å²) in [5, 5.41) is 9.74. The third-order valence-corrected chi connectivity index (χ3v) is 3.87. The zero-order chi connectivity index (χ0) is 11.4. The Hall–Kier alpha value is -0.570. The topological polar surface area (TPSA) is 46.5 Å². The van der Waals surface area contributed by atoms with E-state index >= 15 is 0 Å². The maximum atomic E-state index is 11.9. The fourth-order valence-electron chi connectivity index (χ4n) is 2.80. The van der Waals surface area contributed by atoms with Crippen molar-refractivity contribution in [2.75, 3.05) is 0 Å². The lowest BCUT2D eigenvalue weighted by atomic mass is 9.89. The standard InChI is InChI=1S/C13H22O3/c14-11-8-4-5-9-12(11)16-13(15)10-6-2-1-3-7-10/h10-12,14H,1-9H2. The molecular formula is C13H22O3. The van der Waals surface area contributed by atoms with Crippen molar-refractivity contribution >= 4 is 5.97 Å². The molecular weight excluding hydrogens is 204 g/mol. The minimum Gasteiger partial charge on any atom is -0.459 e. The molecule has 3 nitrogen and oxygen atoms in total. The SMILES string of the molecule is O=C(OC1CCCCC1O)C1CCCCC1. The molecule has 0 amide bonds. The van der Waals surface area contributed by atoms with E-state index in [0.29, 0.717) is 0 Å². The second kappa shape index (κ2) is 5.67. The van der Waals surface area contributed by atoms with Crippen LogP contribution >= 0.6 is 0 Å². The van der Waals surface area contributed by atoms with Gasteiger partial charge in [-0.3, -0.25) is 4.79 Å². The van der Waals surface area contributed by atoms with E-state index in [1.807, 2.05) is 0 Å². The van der Waals surface area contributed by atoms with E-state index in [0.717, 1.165) is 51.4 Å². The Morgan fingerprint density at radius 3 is 2.25 bits per heavy atom. The molecule has 2 aliphatic rings. The van der Waals surface area contributed by atoms with E-state index in [1.165, 1.54) is 6.42 Å². The smallest absolute Gasteiger partial charge is 0.309 e. The molecule has 2 rings (SSSR count). The highest BCUT2D eigenvalue weighted by Crippen LogP contribution is 2.27. The first-order valence-corrected chi connectivity index (χ1v) is 6.66. The molecule has 0 spiro atoms. The van der Waals surface area contributed by atoms with Gasteiger partial charge in [0.1, 0.15) is 6.10 Å². The summed E-state index contributed by atoms with van der Waals surface area (Å²) >= 11 is 0. The lowest BCUT2D eigenvalue weighted by Crippen LogP contribution is -2.36. The third-order valence-electron chi connectivity index (χ3n) is 3.87. The van der Waals surface area contributed by atoms with Crippen LogP contribution in [0.2, 0.25) is 0 Å². The minimum atomic E-state index is -0.429. The average molecular weight is 226 g/mol. The first-order valence-electron chi connectivity index (χ1n) is 6.66. The van der Waals surface area contributed by atoms with Gasteiger partial charge in [-0.05, 0) is 32.1 Å². The number of ether oxygens (including phenoxy) is 1. The van der Waals surface area contributed by atoms with Crippen molar-refractivity contribution in [1.82, 2.24) is 0 Å². The quantitative estimate of drug-likeness (QED) is 0.735. The Labute approximate surface area is 97.2 Å². The number of hydrogen-bond donors (Lipinski definition) is 1. The van der Waals surface area contributed by atoms with Gasteiger partial charge < -0.3 is 9.84 Å². The highest BCUT2D eigenvalue weighted by Gasteiger charge is 2.30. The molecule has 0 aromatic carbocycles. The van der Waals surface area contributed by atoms with Gasteiger partial charge in [0.15, 0.2) is 0 Å². The predicted molar refractivity (Wildman–Crippen MR) is 60.9 cm³/mol. The van der Waals surface area contributed by atoms with Crippen molar-refractivity contribution in [2.24, 2.45) is 5.92 Å². The molecule has 0 aliphatic heterocycles. The van der Waals surface area contributed by atoms with Crippen LogP contribution in [0.15, 0.2) is 0 Å². The predicted octanol–water partition coefficient (Wildman–Crippen LogP) is 2.41. The number of hydrogen-bond acceptors (Lipinski definition) is 3. The second-order valence-corrected chi connectivity index (χ2v) is 5.16. The van der Waals surface area contributed by atoms with Crippen LogP contribution in [0, 0.1) is 5.92 Å². The highest BCUT2D eigenvalue weighted by atomic mass is 16.6. The summed E-state index contributed by atoms with van der Waals surface area (Å²) in [6.45, 7) is 0. The number of aliphatic hydroxyl groups is 1. The third kappa shape index (κ3) is 2.97. The maximum absolute atomic E-state index is 11.9. The summed E-state index contributed by atoms with van der Waals surface area (Å²) in [7, 11) is 0. The fourth-order valence-corrected chi connectivity index (χ4v) is 2.80. The Bertz CT molecular complexity index is 233. The van der Waals surface area contributed by atoms with Crippen LogP contribution in [0.1, 0.15) is 57.8 Å². The van der Waals surface area contributed by atoms with Crippen molar-refractivity contribution in [3.8, 4) is 0 Å². The summed E-state index contributed by atoms with van der Waals surface area (Å²) in [6, 6.07) is 0. The van der Waals surface area contributed by atoms with E-state index in [1.54, 1.807) is 0 Å². The van der Waals surface area contributed by atoms with Crippen LogP contribution < -0.4 is 0 Å². The maximum Gasteiger partial charge on any atom is 0.309 e. The van der Waals surface area contributed by atoms with Crippen molar-refractivity contribution in [2.45, 2.75) is 70.0 Å². The Kier molecular flexibility index (Phi) is 4.22. The molecule has 0 radical (unpaired) electrons. The summed E-state index contributed by atoms with van der Waals surface area (Å²) < 4.78 is 5.45.